The molecule has 3 aromatic rings. The standard InChI is InChI=1S/C23H26N4O/c1-16-19(12-24-27(16)18-10-6-3-7-11-18)23-21-14-26(17-8-4-2-5-9-17)13-20(21)22(15-28)25-23/h2-12,20-23,25,28H,13-15H2,1H3/t20-,21+,22-,23+/m0/s1. The Morgan fingerprint density at radius 3 is 2.29 bits per heavy atom. The molecule has 2 saturated heterocycles. The minimum atomic E-state index is 0.128. The average Bonchev–Trinajstić information content (AvgIpc) is 3.43. The third-order valence-corrected chi connectivity index (χ3v) is 6.45. The van der Waals surface area contributed by atoms with Crippen LogP contribution in [-0.2, 0) is 0 Å². The Bertz CT molecular complexity index is 940. The van der Waals surface area contributed by atoms with Crippen molar-refractivity contribution in [1.82, 2.24) is 15.1 Å². The molecular weight excluding hydrogens is 348 g/mol. The van der Waals surface area contributed by atoms with Crippen LogP contribution in [0.2, 0.25) is 0 Å². The highest BCUT2D eigenvalue weighted by Crippen LogP contribution is 2.44. The van der Waals surface area contributed by atoms with Gasteiger partial charge < -0.3 is 15.3 Å². The average molecular weight is 374 g/mol. The van der Waals surface area contributed by atoms with E-state index in [1.54, 1.807) is 0 Å². The first kappa shape index (κ1) is 17.5. The van der Waals surface area contributed by atoms with Gasteiger partial charge in [-0.1, -0.05) is 36.4 Å². The molecule has 2 aliphatic rings. The van der Waals surface area contributed by atoms with Crippen LogP contribution >= 0.6 is 0 Å². The van der Waals surface area contributed by atoms with Crippen molar-refractivity contribution in [1.29, 1.82) is 0 Å². The molecule has 0 spiro atoms. The van der Waals surface area contributed by atoms with Crippen molar-refractivity contribution < 1.29 is 5.11 Å². The molecule has 0 radical (unpaired) electrons. The molecule has 5 nitrogen and oxygen atoms in total. The summed E-state index contributed by atoms with van der Waals surface area (Å²) < 4.78 is 2.02. The monoisotopic (exact) mass is 374 g/mol. The van der Waals surface area contributed by atoms with E-state index in [-0.39, 0.29) is 18.7 Å². The van der Waals surface area contributed by atoms with Gasteiger partial charge in [0, 0.05) is 54.0 Å². The summed E-state index contributed by atoms with van der Waals surface area (Å²) in [6, 6.07) is 21.2. The summed E-state index contributed by atoms with van der Waals surface area (Å²) in [6.45, 7) is 4.29. The Morgan fingerprint density at radius 1 is 0.964 bits per heavy atom. The number of aromatic nitrogens is 2. The molecule has 0 bridgehead atoms. The highest BCUT2D eigenvalue weighted by atomic mass is 16.3. The van der Waals surface area contributed by atoms with Gasteiger partial charge in [-0.25, -0.2) is 4.68 Å². The van der Waals surface area contributed by atoms with Crippen LogP contribution in [0.1, 0.15) is 17.3 Å². The summed E-state index contributed by atoms with van der Waals surface area (Å²) in [6.07, 6.45) is 2.00. The Morgan fingerprint density at radius 2 is 1.61 bits per heavy atom. The summed E-state index contributed by atoms with van der Waals surface area (Å²) >= 11 is 0. The number of anilines is 1. The third kappa shape index (κ3) is 2.82. The summed E-state index contributed by atoms with van der Waals surface area (Å²) in [7, 11) is 0. The molecule has 2 fully saturated rings. The van der Waals surface area contributed by atoms with Gasteiger partial charge in [0.25, 0.3) is 0 Å². The fourth-order valence-electron chi connectivity index (χ4n) is 5.03. The maximum Gasteiger partial charge on any atom is 0.0648 e. The second kappa shape index (κ2) is 7.08. The van der Waals surface area contributed by atoms with E-state index in [0.29, 0.717) is 11.8 Å². The van der Waals surface area contributed by atoms with Crippen molar-refractivity contribution in [2.24, 2.45) is 11.8 Å². The second-order valence-corrected chi connectivity index (χ2v) is 7.93. The zero-order valence-electron chi connectivity index (χ0n) is 16.1. The SMILES string of the molecule is Cc1c([C@H]2N[C@@H](CO)[C@H]3CN(c4ccccc4)C[C@H]32)cnn1-c1ccccc1. The first-order valence-electron chi connectivity index (χ1n) is 10.0. The highest BCUT2D eigenvalue weighted by Gasteiger charge is 2.49. The number of para-hydroxylation sites is 2. The number of hydrogen-bond acceptors (Lipinski definition) is 4. The Hall–Kier alpha value is -2.63. The van der Waals surface area contributed by atoms with Gasteiger partial charge in [0.15, 0.2) is 0 Å². The van der Waals surface area contributed by atoms with E-state index in [1.807, 2.05) is 29.1 Å². The van der Waals surface area contributed by atoms with Crippen LogP contribution in [0.3, 0.4) is 0 Å². The van der Waals surface area contributed by atoms with Crippen molar-refractivity contribution in [3.63, 3.8) is 0 Å². The number of fused-ring (bicyclic) bond motifs is 1. The summed E-state index contributed by atoms with van der Waals surface area (Å²) in [5.74, 6) is 0.902. The van der Waals surface area contributed by atoms with Crippen LogP contribution in [0.25, 0.3) is 5.69 Å². The number of rotatable bonds is 4. The van der Waals surface area contributed by atoms with Crippen LogP contribution < -0.4 is 10.2 Å². The normalized spacial score (nSPS) is 26.6. The van der Waals surface area contributed by atoms with E-state index in [0.717, 1.165) is 18.8 Å². The highest BCUT2D eigenvalue weighted by molar-refractivity contribution is 5.48. The third-order valence-electron chi connectivity index (χ3n) is 6.45. The molecule has 144 valence electrons. The Kier molecular flexibility index (Phi) is 4.41. The molecule has 0 saturated carbocycles. The van der Waals surface area contributed by atoms with E-state index in [9.17, 15) is 5.11 Å². The molecule has 28 heavy (non-hydrogen) atoms. The number of aliphatic hydroxyl groups excluding tert-OH is 1. The number of nitrogens with zero attached hydrogens (tertiary/aromatic N) is 3. The van der Waals surface area contributed by atoms with Crippen LogP contribution in [0.15, 0.2) is 66.9 Å². The van der Waals surface area contributed by atoms with Gasteiger partial charge in [0.2, 0.25) is 0 Å². The molecule has 2 aromatic carbocycles. The van der Waals surface area contributed by atoms with Crippen LogP contribution in [0, 0.1) is 18.8 Å². The zero-order valence-corrected chi connectivity index (χ0v) is 16.1. The maximum absolute atomic E-state index is 9.99. The molecule has 3 heterocycles. The van der Waals surface area contributed by atoms with Crippen LogP contribution in [0.4, 0.5) is 5.69 Å². The largest absolute Gasteiger partial charge is 0.395 e. The summed E-state index contributed by atoms with van der Waals surface area (Å²) in [5.41, 5.74) is 4.75. The fraction of sp³-hybridized carbons (Fsp3) is 0.348. The van der Waals surface area contributed by atoms with E-state index in [2.05, 4.69) is 64.7 Å². The lowest BCUT2D eigenvalue weighted by Crippen LogP contribution is -2.36. The lowest BCUT2D eigenvalue weighted by molar-refractivity contribution is 0.227. The van der Waals surface area contributed by atoms with Gasteiger partial charge in [-0.05, 0) is 31.2 Å². The van der Waals surface area contributed by atoms with E-state index in [4.69, 9.17) is 0 Å². The molecular formula is C23H26N4O. The molecule has 2 aliphatic heterocycles. The molecule has 0 unspecified atom stereocenters. The van der Waals surface area contributed by atoms with Crippen molar-refractivity contribution >= 4 is 5.69 Å². The van der Waals surface area contributed by atoms with Crippen molar-refractivity contribution in [2.75, 3.05) is 24.6 Å². The lowest BCUT2D eigenvalue weighted by atomic mass is 9.88. The van der Waals surface area contributed by atoms with Gasteiger partial charge >= 0.3 is 0 Å². The van der Waals surface area contributed by atoms with Crippen molar-refractivity contribution in [3.05, 3.63) is 78.1 Å². The summed E-state index contributed by atoms with van der Waals surface area (Å²) in [5, 5.41) is 18.4. The molecule has 1 aromatic heterocycles. The predicted molar refractivity (Wildman–Crippen MR) is 111 cm³/mol. The van der Waals surface area contributed by atoms with E-state index >= 15 is 0 Å². The topological polar surface area (TPSA) is 53.3 Å². The van der Waals surface area contributed by atoms with Crippen LogP contribution in [-0.4, -0.2) is 40.6 Å². The summed E-state index contributed by atoms with van der Waals surface area (Å²) in [4.78, 5) is 2.46. The molecule has 5 rings (SSSR count). The molecule has 2 N–H and O–H groups in total. The number of benzene rings is 2. The minimum Gasteiger partial charge on any atom is -0.395 e. The van der Waals surface area contributed by atoms with Gasteiger partial charge in [0.1, 0.15) is 0 Å². The second-order valence-electron chi connectivity index (χ2n) is 7.93. The molecule has 5 heteroatoms. The first-order valence-corrected chi connectivity index (χ1v) is 10.0. The van der Waals surface area contributed by atoms with E-state index < -0.39 is 0 Å². The lowest BCUT2D eigenvalue weighted by Gasteiger charge is -2.24. The quantitative estimate of drug-likeness (QED) is 0.737. The van der Waals surface area contributed by atoms with Gasteiger partial charge in [-0.15, -0.1) is 0 Å². The molecule has 0 amide bonds. The Balaban J connectivity index is 1.45. The fourth-order valence-corrected chi connectivity index (χ4v) is 5.03. The maximum atomic E-state index is 9.99. The minimum absolute atomic E-state index is 0.128. The first-order chi connectivity index (χ1) is 13.8. The van der Waals surface area contributed by atoms with Crippen molar-refractivity contribution in [3.8, 4) is 5.69 Å². The smallest absolute Gasteiger partial charge is 0.0648 e. The van der Waals surface area contributed by atoms with Gasteiger partial charge in [-0.3, -0.25) is 0 Å². The predicted octanol–water partition coefficient (Wildman–Crippen LogP) is 2.94. The van der Waals surface area contributed by atoms with Crippen LogP contribution in [0.5, 0.6) is 0 Å². The van der Waals surface area contributed by atoms with E-state index in [1.165, 1.54) is 16.9 Å². The number of hydrogen-bond donors (Lipinski definition) is 2. The zero-order chi connectivity index (χ0) is 19.1. The number of nitrogens with one attached hydrogen (secondary N) is 1. The number of aliphatic hydroxyl groups is 1. The van der Waals surface area contributed by atoms with Crippen molar-refractivity contribution in [2.45, 2.75) is 19.0 Å². The molecule has 0 aliphatic carbocycles. The van der Waals surface area contributed by atoms with Gasteiger partial charge in [-0.2, -0.15) is 5.10 Å². The van der Waals surface area contributed by atoms with Gasteiger partial charge in [0.05, 0.1) is 18.5 Å². The molecule has 4 atom stereocenters. The Labute approximate surface area is 165 Å².